The van der Waals surface area contributed by atoms with Gasteiger partial charge < -0.3 is 5.32 Å². The molecule has 1 amide bonds. The normalized spacial score (nSPS) is 12.1. The molecule has 5 nitrogen and oxygen atoms in total. The molecule has 2 heterocycles. The highest BCUT2D eigenvalue weighted by Gasteiger charge is 2.18. The van der Waals surface area contributed by atoms with Crippen LogP contribution in [0.4, 0.5) is 5.82 Å². The molecular weight excluding hydrogens is 348 g/mol. The standard InChI is InChI=1S/C23H24N4O/c1-5-6-12-21-16(2)13-14-22(25-21)26-23(28)20-15-24-27(18(20)4)17(3)19-10-8-7-9-11-19/h5-15,17H,1H2,2-4H3,(H,25,26,28)/b12-6-. The largest absolute Gasteiger partial charge is 0.306 e. The zero-order valence-corrected chi connectivity index (χ0v) is 16.4. The maximum atomic E-state index is 12.8. The number of aryl methyl sites for hydroxylation is 1. The van der Waals surface area contributed by atoms with Crippen LogP contribution in [0.2, 0.25) is 0 Å². The summed E-state index contributed by atoms with van der Waals surface area (Å²) in [6, 6.07) is 13.9. The summed E-state index contributed by atoms with van der Waals surface area (Å²) >= 11 is 0. The van der Waals surface area contributed by atoms with E-state index >= 15 is 0 Å². The highest BCUT2D eigenvalue weighted by molar-refractivity contribution is 6.04. The number of hydrogen-bond acceptors (Lipinski definition) is 3. The number of carbonyl (C=O) groups excluding carboxylic acids is 1. The van der Waals surface area contributed by atoms with Crippen LogP contribution in [0.15, 0.2) is 67.4 Å². The molecule has 0 aliphatic heterocycles. The highest BCUT2D eigenvalue weighted by atomic mass is 16.1. The Labute approximate surface area is 165 Å². The lowest BCUT2D eigenvalue weighted by atomic mass is 10.1. The van der Waals surface area contributed by atoms with E-state index in [-0.39, 0.29) is 11.9 Å². The molecule has 0 spiro atoms. The number of carbonyl (C=O) groups is 1. The number of allylic oxidation sites excluding steroid dienone is 2. The summed E-state index contributed by atoms with van der Waals surface area (Å²) in [5.74, 6) is 0.279. The fraction of sp³-hybridized carbons (Fsp3) is 0.174. The Balaban J connectivity index is 1.82. The number of benzene rings is 1. The number of amides is 1. The third-order valence-electron chi connectivity index (χ3n) is 4.71. The molecular formula is C23H24N4O. The van der Waals surface area contributed by atoms with Crippen molar-refractivity contribution in [3.05, 3.63) is 95.5 Å². The van der Waals surface area contributed by atoms with Crippen molar-refractivity contribution in [1.82, 2.24) is 14.8 Å². The first-order valence-electron chi connectivity index (χ1n) is 9.18. The van der Waals surface area contributed by atoms with E-state index in [2.05, 4.69) is 41.0 Å². The first-order valence-corrected chi connectivity index (χ1v) is 9.18. The Hall–Kier alpha value is -3.47. The average molecular weight is 372 g/mol. The van der Waals surface area contributed by atoms with Crippen molar-refractivity contribution in [2.24, 2.45) is 0 Å². The second kappa shape index (κ2) is 8.48. The molecule has 28 heavy (non-hydrogen) atoms. The smallest absolute Gasteiger partial charge is 0.260 e. The van der Waals surface area contributed by atoms with Crippen molar-refractivity contribution in [1.29, 1.82) is 0 Å². The molecule has 0 aliphatic carbocycles. The van der Waals surface area contributed by atoms with E-state index in [1.54, 1.807) is 18.3 Å². The zero-order valence-electron chi connectivity index (χ0n) is 16.4. The predicted octanol–water partition coefficient (Wildman–Crippen LogP) is 4.96. The number of aromatic nitrogens is 3. The van der Waals surface area contributed by atoms with Crippen LogP contribution in [-0.4, -0.2) is 20.7 Å². The molecule has 3 rings (SSSR count). The van der Waals surface area contributed by atoms with Gasteiger partial charge in [-0.25, -0.2) is 4.98 Å². The van der Waals surface area contributed by atoms with Gasteiger partial charge in [0.25, 0.3) is 5.91 Å². The molecule has 1 aromatic carbocycles. The molecule has 0 radical (unpaired) electrons. The minimum Gasteiger partial charge on any atom is -0.306 e. The summed E-state index contributed by atoms with van der Waals surface area (Å²) in [7, 11) is 0. The van der Waals surface area contributed by atoms with Crippen LogP contribution >= 0.6 is 0 Å². The van der Waals surface area contributed by atoms with Gasteiger partial charge in [0.2, 0.25) is 0 Å². The number of rotatable bonds is 6. The van der Waals surface area contributed by atoms with E-state index in [4.69, 9.17) is 0 Å². The van der Waals surface area contributed by atoms with Crippen LogP contribution in [0.5, 0.6) is 0 Å². The van der Waals surface area contributed by atoms with Gasteiger partial charge >= 0.3 is 0 Å². The topological polar surface area (TPSA) is 59.8 Å². The van der Waals surface area contributed by atoms with E-state index < -0.39 is 0 Å². The van der Waals surface area contributed by atoms with E-state index in [9.17, 15) is 4.79 Å². The Morgan fingerprint density at radius 3 is 2.64 bits per heavy atom. The van der Waals surface area contributed by atoms with Crippen LogP contribution in [-0.2, 0) is 0 Å². The maximum Gasteiger partial charge on any atom is 0.260 e. The minimum absolute atomic E-state index is 0.0379. The van der Waals surface area contributed by atoms with Gasteiger partial charge in [-0.2, -0.15) is 5.10 Å². The fourth-order valence-electron chi connectivity index (χ4n) is 3.04. The first-order chi connectivity index (χ1) is 13.5. The van der Waals surface area contributed by atoms with Crippen LogP contribution in [0.25, 0.3) is 6.08 Å². The molecule has 0 saturated heterocycles. The number of hydrogen-bond donors (Lipinski definition) is 1. The molecule has 142 valence electrons. The Bertz CT molecular complexity index is 1020. The van der Waals surface area contributed by atoms with Crippen molar-refractivity contribution in [3.8, 4) is 0 Å². The van der Waals surface area contributed by atoms with E-state index in [0.717, 1.165) is 22.5 Å². The number of pyridine rings is 1. The Morgan fingerprint density at radius 1 is 1.18 bits per heavy atom. The van der Waals surface area contributed by atoms with Crippen molar-refractivity contribution >= 4 is 17.8 Å². The molecule has 3 aromatic rings. The van der Waals surface area contributed by atoms with Gasteiger partial charge in [-0.1, -0.05) is 55.1 Å². The van der Waals surface area contributed by atoms with Gasteiger partial charge in [0, 0.05) is 5.69 Å². The molecule has 0 aliphatic rings. The van der Waals surface area contributed by atoms with Crippen molar-refractivity contribution in [3.63, 3.8) is 0 Å². The van der Waals surface area contributed by atoms with Gasteiger partial charge in [-0.05, 0) is 44.0 Å². The quantitative estimate of drug-likeness (QED) is 0.623. The molecule has 1 atom stereocenters. The van der Waals surface area contributed by atoms with E-state index in [1.807, 2.05) is 54.9 Å². The molecule has 0 saturated carbocycles. The third kappa shape index (κ3) is 4.09. The number of anilines is 1. The highest BCUT2D eigenvalue weighted by Crippen LogP contribution is 2.21. The van der Waals surface area contributed by atoms with E-state index in [1.165, 1.54) is 0 Å². The van der Waals surface area contributed by atoms with Gasteiger partial charge in [0.15, 0.2) is 0 Å². The molecule has 0 bridgehead atoms. The fourth-order valence-corrected chi connectivity index (χ4v) is 3.04. The van der Waals surface area contributed by atoms with Crippen LogP contribution in [0, 0.1) is 13.8 Å². The summed E-state index contributed by atoms with van der Waals surface area (Å²) in [5, 5.41) is 7.31. The Kier molecular flexibility index (Phi) is 5.84. The van der Waals surface area contributed by atoms with Gasteiger partial charge in [-0.3, -0.25) is 9.48 Å². The monoisotopic (exact) mass is 372 g/mol. The van der Waals surface area contributed by atoms with Crippen molar-refractivity contribution in [2.45, 2.75) is 26.8 Å². The lowest BCUT2D eigenvalue weighted by Gasteiger charge is -2.15. The van der Waals surface area contributed by atoms with Gasteiger partial charge in [0.05, 0.1) is 23.5 Å². The van der Waals surface area contributed by atoms with Gasteiger partial charge in [-0.15, -0.1) is 0 Å². The molecule has 1 N–H and O–H groups in total. The number of nitrogens with one attached hydrogen (secondary N) is 1. The summed E-state index contributed by atoms with van der Waals surface area (Å²) < 4.78 is 1.87. The van der Waals surface area contributed by atoms with Crippen molar-refractivity contribution in [2.75, 3.05) is 5.32 Å². The summed E-state index contributed by atoms with van der Waals surface area (Å²) in [6.07, 6.45) is 6.98. The second-order valence-corrected chi connectivity index (χ2v) is 6.62. The lowest BCUT2D eigenvalue weighted by Crippen LogP contribution is -2.16. The molecule has 2 aromatic heterocycles. The van der Waals surface area contributed by atoms with Crippen molar-refractivity contribution < 1.29 is 4.79 Å². The SMILES string of the molecule is C=C/C=C\c1nc(NC(=O)c2cnn(C(C)c3ccccc3)c2C)ccc1C. The molecule has 0 fully saturated rings. The summed E-state index contributed by atoms with van der Waals surface area (Å²) in [4.78, 5) is 17.3. The van der Waals surface area contributed by atoms with Crippen LogP contribution < -0.4 is 5.32 Å². The zero-order chi connectivity index (χ0) is 20.1. The maximum absolute atomic E-state index is 12.8. The predicted molar refractivity (Wildman–Crippen MR) is 113 cm³/mol. The van der Waals surface area contributed by atoms with Crippen LogP contribution in [0.3, 0.4) is 0 Å². The summed E-state index contributed by atoms with van der Waals surface area (Å²) in [6.45, 7) is 9.61. The van der Waals surface area contributed by atoms with Crippen LogP contribution in [0.1, 0.15) is 45.8 Å². The lowest BCUT2D eigenvalue weighted by molar-refractivity contribution is 0.102. The third-order valence-corrected chi connectivity index (χ3v) is 4.71. The van der Waals surface area contributed by atoms with Gasteiger partial charge in [0.1, 0.15) is 5.82 Å². The molecule has 1 unspecified atom stereocenters. The Morgan fingerprint density at radius 2 is 1.93 bits per heavy atom. The van der Waals surface area contributed by atoms with E-state index in [0.29, 0.717) is 11.4 Å². The second-order valence-electron chi connectivity index (χ2n) is 6.62. The first kappa shape index (κ1) is 19.3. The minimum atomic E-state index is -0.223. The molecule has 5 heteroatoms. The number of nitrogens with zero attached hydrogens (tertiary/aromatic N) is 3. The average Bonchev–Trinajstić information content (AvgIpc) is 3.10. The summed E-state index contributed by atoms with van der Waals surface area (Å²) in [5.41, 5.74) is 4.31.